The first-order chi connectivity index (χ1) is 17.7. The lowest BCUT2D eigenvalue weighted by atomic mass is 9.71. The molecular weight excluding hydrogens is 517 g/mol. The van der Waals surface area contributed by atoms with Crippen molar-refractivity contribution in [1.29, 1.82) is 5.26 Å². The second kappa shape index (κ2) is 11.4. The van der Waals surface area contributed by atoms with E-state index in [4.69, 9.17) is 0 Å². The van der Waals surface area contributed by atoms with Crippen molar-refractivity contribution < 1.29 is 41.1 Å². The van der Waals surface area contributed by atoms with Crippen molar-refractivity contribution in [3.8, 4) is 6.07 Å². The number of hydrogen-bond acceptors (Lipinski definition) is 5. The zero-order chi connectivity index (χ0) is 28.4. The Labute approximate surface area is 216 Å². The van der Waals surface area contributed by atoms with Crippen molar-refractivity contribution in [2.45, 2.75) is 95.1 Å². The zero-order valence-corrected chi connectivity index (χ0v) is 21.1. The second-order valence-corrected chi connectivity index (χ2v) is 10.7. The van der Waals surface area contributed by atoms with Crippen LogP contribution in [0.15, 0.2) is 0 Å². The van der Waals surface area contributed by atoms with Gasteiger partial charge in [-0.15, -0.1) is 0 Å². The number of alkyl halides is 5. The van der Waals surface area contributed by atoms with Crippen molar-refractivity contribution in [3.63, 3.8) is 0 Å². The number of nitrogens with zero attached hydrogens (tertiary/aromatic N) is 2. The first-order valence-corrected chi connectivity index (χ1v) is 12.7. The van der Waals surface area contributed by atoms with Crippen LogP contribution in [0.4, 0.5) is 22.0 Å². The molecule has 1 aliphatic carbocycles. The fourth-order valence-electron chi connectivity index (χ4n) is 5.68. The summed E-state index contributed by atoms with van der Waals surface area (Å²) < 4.78 is 68.7. The van der Waals surface area contributed by atoms with Crippen molar-refractivity contribution in [2.24, 2.45) is 17.8 Å². The van der Waals surface area contributed by atoms with Crippen LogP contribution in [0.3, 0.4) is 0 Å². The molecule has 1 saturated carbocycles. The summed E-state index contributed by atoms with van der Waals surface area (Å²) in [5.41, 5.74) is 0. The lowest BCUT2D eigenvalue weighted by Gasteiger charge is -2.54. The molecule has 4 fully saturated rings. The normalized spacial score (nSPS) is 28.2. The van der Waals surface area contributed by atoms with E-state index in [0.29, 0.717) is 19.4 Å². The average molecular weight is 550 g/mol. The quantitative estimate of drug-likeness (QED) is 0.399. The Morgan fingerprint density at radius 2 is 1.87 bits per heavy atom. The van der Waals surface area contributed by atoms with Gasteiger partial charge in [0.25, 0.3) is 5.92 Å². The van der Waals surface area contributed by atoms with Crippen LogP contribution < -0.4 is 16.0 Å². The molecular formula is C24H32F5N5O4. The van der Waals surface area contributed by atoms with E-state index in [2.05, 4.69) is 10.6 Å². The van der Waals surface area contributed by atoms with E-state index in [9.17, 15) is 46.4 Å². The van der Waals surface area contributed by atoms with Gasteiger partial charge in [-0.05, 0) is 44.4 Å². The molecule has 4 amide bonds. The Morgan fingerprint density at radius 1 is 1.18 bits per heavy atom. The number of nitrogens with one attached hydrogen (secondary N) is 3. The third-order valence-corrected chi connectivity index (χ3v) is 7.42. The molecule has 0 spiro atoms. The highest BCUT2D eigenvalue weighted by molar-refractivity contribution is 5.94. The minimum Gasteiger partial charge on any atom is -0.356 e. The zero-order valence-electron chi connectivity index (χ0n) is 21.1. The highest BCUT2D eigenvalue weighted by Gasteiger charge is 2.61. The van der Waals surface area contributed by atoms with Crippen LogP contribution in [0.1, 0.15) is 58.8 Å². The minimum absolute atomic E-state index is 0.0587. The second-order valence-electron chi connectivity index (χ2n) is 10.7. The van der Waals surface area contributed by atoms with Crippen LogP contribution in [0.5, 0.6) is 0 Å². The van der Waals surface area contributed by atoms with Crippen molar-refractivity contribution in [3.05, 3.63) is 0 Å². The molecule has 0 aromatic heterocycles. The smallest absolute Gasteiger partial charge is 0.356 e. The summed E-state index contributed by atoms with van der Waals surface area (Å²) in [6, 6.07) is -3.93. The maximum atomic E-state index is 14.9. The number of carbonyl (C=O) groups excluding carboxylic acids is 4. The van der Waals surface area contributed by atoms with Gasteiger partial charge in [-0.2, -0.15) is 18.4 Å². The lowest BCUT2D eigenvalue weighted by molar-refractivity contribution is -0.196. The molecule has 212 valence electrons. The topological polar surface area (TPSA) is 131 Å². The Morgan fingerprint density at radius 3 is 2.42 bits per heavy atom. The Bertz CT molecular complexity index is 982. The van der Waals surface area contributed by atoms with Crippen LogP contribution in [-0.4, -0.2) is 71.3 Å². The van der Waals surface area contributed by atoms with Gasteiger partial charge < -0.3 is 20.9 Å². The molecule has 3 saturated heterocycles. The van der Waals surface area contributed by atoms with Gasteiger partial charge in [-0.3, -0.25) is 19.2 Å². The summed E-state index contributed by atoms with van der Waals surface area (Å²) in [5, 5.41) is 16.3. The minimum atomic E-state index is -5.27. The van der Waals surface area contributed by atoms with Gasteiger partial charge in [-0.1, -0.05) is 13.8 Å². The third-order valence-electron chi connectivity index (χ3n) is 7.42. The number of rotatable bonds is 8. The third kappa shape index (κ3) is 6.53. The van der Waals surface area contributed by atoms with E-state index in [1.807, 2.05) is 6.07 Å². The standard InChI is InChI=1S/C24H32F5N5O4/c1-12(2)8-17(33-22(38)24(27,28)29)21(37)34-15-5-6-16(23(25,26)10-15)18(34)20(36)32-14(11-30)9-13-4-3-7-31-19(13)35/h12-18H,3-10H2,1-2H3,(H,31,35)(H,32,36)(H,33,38)/t13-,14-,15-,16-,17-,18-/m1/s1. The number of fused-ring (bicyclic) bond motifs is 3. The number of piperidine rings is 3. The monoisotopic (exact) mass is 549 g/mol. The first-order valence-electron chi connectivity index (χ1n) is 12.7. The van der Waals surface area contributed by atoms with E-state index < -0.39 is 72.2 Å². The molecule has 0 aromatic rings. The van der Waals surface area contributed by atoms with E-state index in [1.54, 1.807) is 19.2 Å². The molecule has 0 radical (unpaired) electrons. The Balaban J connectivity index is 1.87. The van der Waals surface area contributed by atoms with Crippen molar-refractivity contribution in [2.75, 3.05) is 6.54 Å². The van der Waals surface area contributed by atoms with Crippen LogP contribution >= 0.6 is 0 Å². The number of hydrogen-bond donors (Lipinski definition) is 3. The molecule has 0 aromatic carbocycles. The molecule has 2 bridgehead atoms. The van der Waals surface area contributed by atoms with Gasteiger partial charge in [0.2, 0.25) is 17.7 Å². The maximum Gasteiger partial charge on any atom is 0.471 e. The van der Waals surface area contributed by atoms with E-state index in [0.717, 1.165) is 4.90 Å². The van der Waals surface area contributed by atoms with Crippen molar-refractivity contribution >= 4 is 23.6 Å². The Hall–Kier alpha value is -2.98. The van der Waals surface area contributed by atoms with Crippen molar-refractivity contribution in [1.82, 2.24) is 20.9 Å². The molecule has 0 unspecified atom stereocenters. The number of carbonyl (C=O) groups is 4. The maximum absolute atomic E-state index is 14.9. The fourth-order valence-corrected chi connectivity index (χ4v) is 5.68. The average Bonchev–Trinajstić information content (AvgIpc) is 2.82. The molecule has 6 atom stereocenters. The van der Waals surface area contributed by atoms with Gasteiger partial charge in [-0.25, -0.2) is 8.78 Å². The molecule has 4 rings (SSSR count). The number of nitriles is 1. The summed E-state index contributed by atoms with van der Waals surface area (Å²) in [6.45, 7) is 3.71. The summed E-state index contributed by atoms with van der Waals surface area (Å²) >= 11 is 0. The van der Waals surface area contributed by atoms with Gasteiger partial charge in [0.15, 0.2) is 0 Å². The van der Waals surface area contributed by atoms with Crippen LogP contribution in [0.2, 0.25) is 0 Å². The summed E-state index contributed by atoms with van der Waals surface area (Å²) in [7, 11) is 0. The molecule has 9 nitrogen and oxygen atoms in total. The highest BCUT2D eigenvalue weighted by Crippen LogP contribution is 2.49. The Kier molecular flexibility index (Phi) is 8.88. The van der Waals surface area contributed by atoms with Gasteiger partial charge in [0, 0.05) is 24.9 Å². The predicted molar refractivity (Wildman–Crippen MR) is 122 cm³/mol. The van der Waals surface area contributed by atoms with E-state index >= 15 is 0 Å². The largest absolute Gasteiger partial charge is 0.471 e. The highest BCUT2D eigenvalue weighted by atomic mass is 19.4. The van der Waals surface area contributed by atoms with Gasteiger partial charge in [0.1, 0.15) is 18.1 Å². The van der Waals surface area contributed by atoms with Crippen LogP contribution in [0, 0.1) is 29.1 Å². The SMILES string of the molecule is CC(C)C[C@@H](NC(=O)C(F)(F)F)C(=O)N1[C@@H]2CC[C@H]([C@@H]1C(=O)N[C@@H](C#N)C[C@H]1CCCNC1=O)C(F)(F)C2. The molecule has 14 heteroatoms. The molecule has 38 heavy (non-hydrogen) atoms. The van der Waals surface area contributed by atoms with Crippen LogP contribution in [-0.2, 0) is 19.2 Å². The summed E-state index contributed by atoms with van der Waals surface area (Å²) in [6.07, 6.45) is -5.15. The number of amides is 4. The van der Waals surface area contributed by atoms with E-state index in [1.165, 1.54) is 0 Å². The summed E-state index contributed by atoms with van der Waals surface area (Å²) in [4.78, 5) is 51.5. The summed E-state index contributed by atoms with van der Waals surface area (Å²) in [5.74, 6) is -10.6. The number of halogens is 5. The van der Waals surface area contributed by atoms with Gasteiger partial charge >= 0.3 is 12.1 Å². The lowest BCUT2D eigenvalue weighted by Crippen LogP contribution is -2.71. The molecule has 3 heterocycles. The van der Waals surface area contributed by atoms with E-state index in [-0.39, 0.29) is 37.5 Å². The molecule has 3 aliphatic heterocycles. The molecule has 4 aliphatic rings. The fraction of sp³-hybridized carbons (Fsp3) is 0.792. The van der Waals surface area contributed by atoms with Crippen LogP contribution in [0.25, 0.3) is 0 Å². The molecule has 3 N–H and O–H groups in total. The van der Waals surface area contributed by atoms with Gasteiger partial charge in [0.05, 0.1) is 12.0 Å². The predicted octanol–water partition coefficient (Wildman–Crippen LogP) is 2.02. The first kappa shape index (κ1) is 29.6.